The Balaban J connectivity index is 1.90. The van der Waals surface area contributed by atoms with E-state index in [0.717, 1.165) is 5.56 Å². The fourth-order valence-electron chi connectivity index (χ4n) is 2.01. The van der Waals surface area contributed by atoms with Crippen LogP contribution in [0.25, 0.3) is 0 Å². The van der Waals surface area contributed by atoms with Crippen molar-refractivity contribution in [3.8, 4) is 0 Å². The number of nitrogens with two attached hydrogens (primary N) is 1. The van der Waals surface area contributed by atoms with Gasteiger partial charge in [0.05, 0.1) is 0 Å². The topological polar surface area (TPSA) is 81.4 Å². The van der Waals surface area contributed by atoms with E-state index in [1.165, 1.54) is 0 Å². The largest absolute Gasteiger partial charge is 0.459 e. The molecule has 0 saturated heterocycles. The van der Waals surface area contributed by atoms with E-state index in [1.807, 2.05) is 0 Å². The molecule has 0 spiro atoms. The Morgan fingerprint density at radius 3 is 2.65 bits per heavy atom. The molecule has 5 nitrogen and oxygen atoms in total. The summed E-state index contributed by atoms with van der Waals surface area (Å²) in [4.78, 5) is 23.2. The smallest absolute Gasteiger partial charge is 0.327 e. The number of carbonyl (C=O) groups is 2. The highest BCUT2D eigenvalue weighted by Crippen LogP contribution is 2.42. The van der Waals surface area contributed by atoms with E-state index in [4.69, 9.17) is 10.5 Å². The number of ether oxygens (including phenoxy) is 1. The lowest BCUT2D eigenvalue weighted by molar-refractivity contribution is -0.148. The number of carbonyl (C=O) groups excluding carboxylic acids is 2. The molecule has 1 unspecified atom stereocenters. The van der Waals surface area contributed by atoms with Crippen LogP contribution in [0.1, 0.15) is 22.3 Å². The number of nitrogens with one attached hydrogen (secondary N) is 1. The first-order valence-corrected chi connectivity index (χ1v) is 6.41. The zero-order chi connectivity index (χ0) is 14.8. The molecule has 1 amide bonds. The highest BCUT2D eigenvalue weighted by Gasteiger charge is 2.56. The Labute approximate surface area is 117 Å². The SMILES string of the molecule is C=CC1C[C@]1(N)C(=O)OCc1ccc(C(=O)NC)cc1. The van der Waals surface area contributed by atoms with Gasteiger partial charge in [-0.05, 0) is 24.1 Å². The van der Waals surface area contributed by atoms with Crippen molar-refractivity contribution in [2.24, 2.45) is 11.7 Å². The van der Waals surface area contributed by atoms with Gasteiger partial charge in [0.2, 0.25) is 0 Å². The van der Waals surface area contributed by atoms with Gasteiger partial charge in [-0.25, -0.2) is 0 Å². The number of hydrogen-bond donors (Lipinski definition) is 2. The van der Waals surface area contributed by atoms with E-state index in [0.29, 0.717) is 12.0 Å². The van der Waals surface area contributed by atoms with E-state index < -0.39 is 11.5 Å². The zero-order valence-corrected chi connectivity index (χ0v) is 11.4. The van der Waals surface area contributed by atoms with Gasteiger partial charge < -0.3 is 15.8 Å². The van der Waals surface area contributed by atoms with Gasteiger partial charge in [-0.3, -0.25) is 9.59 Å². The molecule has 0 aromatic heterocycles. The van der Waals surface area contributed by atoms with Crippen molar-refractivity contribution in [3.63, 3.8) is 0 Å². The third-order valence-electron chi connectivity index (χ3n) is 3.54. The summed E-state index contributed by atoms with van der Waals surface area (Å²) in [5.74, 6) is -0.551. The summed E-state index contributed by atoms with van der Waals surface area (Å²) < 4.78 is 5.20. The van der Waals surface area contributed by atoms with Gasteiger partial charge in [0.25, 0.3) is 5.91 Å². The first-order valence-electron chi connectivity index (χ1n) is 6.41. The maximum atomic E-state index is 11.8. The molecule has 1 saturated carbocycles. The molecule has 1 aliphatic rings. The van der Waals surface area contributed by atoms with Gasteiger partial charge in [-0.2, -0.15) is 0 Å². The molecule has 1 fully saturated rings. The normalized spacial score (nSPS) is 23.8. The van der Waals surface area contributed by atoms with Crippen LogP contribution in [-0.2, 0) is 16.1 Å². The third kappa shape index (κ3) is 2.72. The molecule has 0 bridgehead atoms. The fourth-order valence-corrected chi connectivity index (χ4v) is 2.01. The quantitative estimate of drug-likeness (QED) is 0.620. The predicted molar refractivity (Wildman–Crippen MR) is 74.9 cm³/mol. The molecule has 5 heteroatoms. The fraction of sp³-hybridized carbons (Fsp3) is 0.333. The van der Waals surface area contributed by atoms with Crippen LogP contribution in [-0.4, -0.2) is 24.5 Å². The van der Waals surface area contributed by atoms with Crippen molar-refractivity contribution in [2.45, 2.75) is 18.6 Å². The first kappa shape index (κ1) is 14.3. The highest BCUT2D eigenvalue weighted by atomic mass is 16.5. The van der Waals surface area contributed by atoms with Crippen LogP contribution in [0.15, 0.2) is 36.9 Å². The Morgan fingerprint density at radius 1 is 1.50 bits per heavy atom. The third-order valence-corrected chi connectivity index (χ3v) is 3.54. The Morgan fingerprint density at radius 2 is 2.15 bits per heavy atom. The monoisotopic (exact) mass is 274 g/mol. The number of hydrogen-bond acceptors (Lipinski definition) is 4. The standard InChI is InChI=1S/C15H18N2O3/c1-3-12-8-15(12,16)14(19)20-9-10-4-6-11(7-5-10)13(18)17-2/h3-7,12H,1,8-9,16H2,2H3,(H,17,18)/t12?,15-/m1/s1. The van der Waals surface area contributed by atoms with Crippen LogP contribution < -0.4 is 11.1 Å². The Hall–Kier alpha value is -2.14. The van der Waals surface area contributed by atoms with Crippen LogP contribution in [0.4, 0.5) is 0 Å². The minimum Gasteiger partial charge on any atom is -0.459 e. The van der Waals surface area contributed by atoms with Gasteiger partial charge in [-0.1, -0.05) is 18.2 Å². The lowest BCUT2D eigenvalue weighted by atomic mass is 10.1. The molecule has 2 rings (SSSR count). The summed E-state index contributed by atoms with van der Waals surface area (Å²) in [5.41, 5.74) is 6.37. The molecule has 106 valence electrons. The van der Waals surface area contributed by atoms with Crippen molar-refractivity contribution in [1.82, 2.24) is 5.32 Å². The summed E-state index contributed by atoms with van der Waals surface area (Å²) in [6.45, 7) is 3.78. The second-order valence-corrected chi connectivity index (χ2v) is 4.94. The van der Waals surface area contributed by atoms with Crippen LogP contribution in [0, 0.1) is 5.92 Å². The molecule has 3 N–H and O–H groups in total. The van der Waals surface area contributed by atoms with Gasteiger partial charge in [-0.15, -0.1) is 6.58 Å². The molecule has 0 aliphatic heterocycles. The summed E-state index contributed by atoms with van der Waals surface area (Å²) in [5, 5.41) is 2.54. The first-order chi connectivity index (χ1) is 9.51. The maximum absolute atomic E-state index is 11.8. The Kier molecular flexibility index (Phi) is 3.90. The molecular weight excluding hydrogens is 256 g/mol. The number of esters is 1. The minimum absolute atomic E-state index is 0.00521. The van der Waals surface area contributed by atoms with Crippen molar-refractivity contribution >= 4 is 11.9 Å². The lowest BCUT2D eigenvalue weighted by Gasteiger charge is -2.10. The summed E-state index contributed by atoms with van der Waals surface area (Å²) in [6.07, 6.45) is 2.27. The molecule has 1 aromatic carbocycles. The summed E-state index contributed by atoms with van der Waals surface area (Å²) in [6, 6.07) is 6.87. The molecular formula is C15H18N2O3. The van der Waals surface area contributed by atoms with E-state index in [2.05, 4.69) is 11.9 Å². The van der Waals surface area contributed by atoms with Crippen molar-refractivity contribution in [1.29, 1.82) is 0 Å². The van der Waals surface area contributed by atoms with Crippen molar-refractivity contribution in [3.05, 3.63) is 48.0 Å². The maximum Gasteiger partial charge on any atom is 0.327 e. The van der Waals surface area contributed by atoms with Crippen LogP contribution in [0.3, 0.4) is 0 Å². The molecule has 0 heterocycles. The van der Waals surface area contributed by atoms with Crippen molar-refractivity contribution < 1.29 is 14.3 Å². The minimum atomic E-state index is -0.899. The van der Waals surface area contributed by atoms with Crippen LogP contribution >= 0.6 is 0 Å². The van der Waals surface area contributed by atoms with Crippen LogP contribution in [0.2, 0.25) is 0 Å². The average molecular weight is 274 g/mol. The average Bonchev–Trinajstić information content (AvgIpc) is 3.17. The van der Waals surface area contributed by atoms with Gasteiger partial charge in [0.1, 0.15) is 12.1 Å². The molecule has 20 heavy (non-hydrogen) atoms. The highest BCUT2D eigenvalue weighted by molar-refractivity contribution is 5.93. The van der Waals surface area contributed by atoms with Gasteiger partial charge in [0, 0.05) is 18.5 Å². The molecule has 1 aliphatic carbocycles. The lowest BCUT2D eigenvalue weighted by Crippen LogP contribution is -2.36. The summed E-state index contributed by atoms with van der Waals surface area (Å²) in [7, 11) is 1.57. The number of benzene rings is 1. The van der Waals surface area contributed by atoms with Crippen molar-refractivity contribution in [2.75, 3.05) is 7.05 Å². The van der Waals surface area contributed by atoms with E-state index in [1.54, 1.807) is 37.4 Å². The summed E-state index contributed by atoms with van der Waals surface area (Å²) >= 11 is 0. The molecule has 0 radical (unpaired) electrons. The molecule has 2 atom stereocenters. The zero-order valence-electron chi connectivity index (χ0n) is 11.4. The van der Waals surface area contributed by atoms with Gasteiger partial charge >= 0.3 is 5.97 Å². The number of amides is 1. The number of rotatable bonds is 5. The molecule has 1 aromatic rings. The van der Waals surface area contributed by atoms with E-state index >= 15 is 0 Å². The second kappa shape index (κ2) is 5.46. The van der Waals surface area contributed by atoms with E-state index in [-0.39, 0.29) is 18.4 Å². The predicted octanol–water partition coefficient (Wildman–Crippen LogP) is 0.993. The van der Waals surface area contributed by atoms with Crippen LogP contribution in [0.5, 0.6) is 0 Å². The van der Waals surface area contributed by atoms with Gasteiger partial charge in [0.15, 0.2) is 0 Å². The van der Waals surface area contributed by atoms with E-state index in [9.17, 15) is 9.59 Å². The Bertz CT molecular complexity index is 539. The second-order valence-electron chi connectivity index (χ2n) is 4.94.